The molecule has 3 unspecified atom stereocenters. The highest BCUT2D eigenvalue weighted by Gasteiger charge is 2.38. The van der Waals surface area contributed by atoms with Crippen LogP contribution in [-0.2, 0) is 9.59 Å². The van der Waals surface area contributed by atoms with E-state index in [-0.39, 0.29) is 36.3 Å². The van der Waals surface area contributed by atoms with Gasteiger partial charge in [-0.2, -0.15) is 5.26 Å². The van der Waals surface area contributed by atoms with Gasteiger partial charge in [-0.05, 0) is 43.9 Å². The van der Waals surface area contributed by atoms with E-state index in [1.807, 2.05) is 37.3 Å². The van der Waals surface area contributed by atoms with Crippen LogP contribution < -0.4 is 10.6 Å². The standard InChI is InChI=1S/C21H27N5O3/c1-14-12-19(20(28)26(14)11-9-22)24-21(29)25-10-3-4-17(13-25)16-5-7-18(8-6-16)23-15(2)27/h5-8,14,17,19H,3-4,10-13H2,1-2H3,(H,23,27)(H,24,29). The van der Waals surface area contributed by atoms with Crippen molar-refractivity contribution < 1.29 is 14.4 Å². The summed E-state index contributed by atoms with van der Waals surface area (Å²) >= 11 is 0. The topological polar surface area (TPSA) is 106 Å². The summed E-state index contributed by atoms with van der Waals surface area (Å²) in [5.41, 5.74) is 1.88. The molecule has 2 heterocycles. The van der Waals surface area contributed by atoms with E-state index >= 15 is 0 Å². The quantitative estimate of drug-likeness (QED) is 0.759. The molecule has 0 radical (unpaired) electrons. The summed E-state index contributed by atoms with van der Waals surface area (Å²) in [6, 6.07) is 8.88. The number of carbonyl (C=O) groups excluding carboxylic acids is 3. The fourth-order valence-electron chi connectivity index (χ4n) is 4.13. The third kappa shape index (κ3) is 4.86. The Kier molecular flexibility index (Phi) is 6.37. The van der Waals surface area contributed by atoms with Crippen LogP contribution in [0.15, 0.2) is 24.3 Å². The molecule has 1 aromatic rings. The molecule has 2 N–H and O–H groups in total. The predicted octanol–water partition coefficient (Wildman–Crippen LogP) is 2.05. The summed E-state index contributed by atoms with van der Waals surface area (Å²) < 4.78 is 0. The second-order valence-corrected chi connectivity index (χ2v) is 7.80. The summed E-state index contributed by atoms with van der Waals surface area (Å²) in [5.74, 6) is -0.0777. The minimum Gasteiger partial charge on any atom is -0.326 e. The smallest absolute Gasteiger partial charge is 0.318 e. The molecule has 2 aliphatic heterocycles. The summed E-state index contributed by atoms with van der Waals surface area (Å²) in [4.78, 5) is 39.6. The molecule has 0 bridgehead atoms. The first kappa shape index (κ1) is 20.6. The molecule has 29 heavy (non-hydrogen) atoms. The molecule has 3 atom stereocenters. The van der Waals surface area contributed by atoms with Crippen molar-refractivity contribution in [1.82, 2.24) is 15.1 Å². The second-order valence-electron chi connectivity index (χ2n) is 7.80. The molecule has 154 valence electrons. The van der Waals surface area contributed by atoms with Crippen molar-refractivity contribution in [3.8, 4) is 6.07 Å². The highest BCUT2D eigenvalue weighted by atomic mass is 16.2. The number of nitrogens with one attached hydrogen (secondary N) is 2. The average molecular weight is 397 g/mol. The van der Waals surface area contributed by atoms with Gasteiger partial charge in [0, 0.05) is 37.7 Å². The lowest BCUT2D eigenvalue weighted by Crippen LogP contribution is -2.50. The third-order valence-corrected chi connectivity index (χ3v) is 5.64. The lowest BCUT2D eigenvalue weighted by Gasteiger charge is -2.33. The molecule has 0 aliphatic carbocycles. The zero-order valence-electron chi connectivity index (χ0n) is 16.9. The number of nitriles is 1. The van der Waals surface area contributed by atoms with E-state index in [0.29, 0.717) is 19.5 Å². The zero-order valence-corrected chi connectivity index (χ0v) is 16.9. The van der Waals surface area contributed by atoms with Crippen molar-refractivity contribution in [2.45, 2.75) is 51.1 Å². The maximum absolute atomic E-state index is 12.8. The van der Waals surface area contributed by atoms with Gasteiger partial charge >= 0.3 is 6.03 Å². The van der Waals surface area contributed by atoms with Gasteiger partial charge in [-0.15, -0.1) is 0 Å². The fraction of sp³-hybridized carbons (Fsp3) is 0.524. The monoisotopic (exact) mass is 397 g/mol. The number of hydrogen-bond acceptors (Lipinski definition) is 4. The van der Waals surface area contributed by atoms with Gasteiger partial charge in [0.2, 0.25) is 11.8 Å². The summed E-state index contributed by atoms with van der Waals surface area (Å²) in [6.45, 7) is 4.66. The van der Waals surface area contributed by atoms with Crippen molar-refractivity contribution in [2.24, 2.45) is 0 Å². The molecule has 2 saturated heterocycles. The van der Waals surface area contributed by atoms with Crippen LogP contribution in [-0.4, -0.2) is 59.4 Å². The van der Waals surface area contributed by atoms with Crippen molar-refractivity contribution in [2.75, 3.05) is 25.0 Å². The number of urea groups is 1. The molecule has 8 heteroatoms. The second kappa shape index (κ2) is 8.95. The van der Waals surface area contributed by atoms with Gasteiger partial charge in [0.1, 0.15) is 12.6 Å². The fourth-order valence-corrected chi connectivity index (χ4v) is 4.13. The molecule has 3 rings (SSSR count). The molecule has 8 nitrogen and oxygen atoms in total. The molecular formula is C21H27N5O3. The van der Waals surface area contributed by atoms with Gasteiger partial charge < -0.3 is 20.4 Å². The number of rotatable bonds is 4. The highest BCUT2D eigenvalue weighted by Crippen LogP contribution is 2.28. The molecule has 0 saturated carbocycles. The van der Waals surface area contributed by atoms with Crippen LogP contribution in [0.4, 0.5) is 10.5 Å². The number of benzene rings is 1. The Labute approximate surface area is 170 Å². The lowest BCUT2D eigenvalue weighted by molar-refractivity contribution is -0.129. The van der Waals surface area contributed by atoms with Gasteiger partial charge in [0.15, 0.2) is 0 Å². The normalized spacial score (nSPS) is 24.2. The van der Waals surface area contributed by atoms with E-state index in [2.05, 4.69) is 10.6 Å². The minimum atomic E-state index is -0.567. The molecule has 0 aromatic heterocycles. The van der Waals surface area contributed by atoms with E-state index in [0.717, 1.165) is 24.1 Å². The molecular weight excluding hydrogens is 370 g/mol. The number of nitrogens with zero attached hydrogens (tertiary/aromatic N) is 3. The molecule has 0 spiro atoms. The zero-order chi connectivity index (χ0) is 21.0. The van der Waals surface area contributed by atoms with Gasteiger partial charge in [0.25, 0.3) is 0 Å². The number of carbonyl (C=O) groups is 3. The van der Waals surface area contributed by atoms with Gasteiger partial charge in [-0.25, -0.2) is 4.79 Å². The molecule has 2 aliphatic rings. The van der Waals surface area contributed by atoms with Crippen LogP contribution in [0.2, 0.25) is 0 Å². The van der Waals surface area contributed by atoms with Crippen LogP contribution >= 0.6 is 0 Å². The average Bonchev–Trinajstić information content (AvgIpc) is 2.96. The van der Waals surface area contributed by atoms with Crippen LogP contribution in [0.5, 0.6) is 0 Å². The number of likely N-dealkylation sites (tertiary alicyclic amines) is 2. The highest BCUT2D eigenvalue weighted by molar-refractivity contribution is 5.89. The first-order valence-corrected chi connectivity index (χ1v) is 9.99. The summed E-state index contributed by atoms with van der Waals surface area (Å²) in [6.07, 6.45) is 2.40. The Hall–Kier alpha value is -3.08. The van der Waals surface area contributed by atoms with E-state index in [1.54, 1.807) is 4.90 Å². The van der Waals surface area contributed by atoms with E-state index in [4.69, 9.17) is 5.26 Å². The Bertz CT molecular complexity index is 817. The van der Waals surface area contributed by atoms with Crippen LogP contribution in [0.1, 0.15) is 44.6 Å². The Morgan fingerprint density at radius 1 is 1.28 bits per heavy atom. The minimum absolute atomic E-state index is 0.0483. The summed E-state index contributed by atoms with van der Waals surface area (Å²) in [5, 5.41) is 14.5. The number of piperidine rings is 1. The predicted molar refractivity (Wildman–Crippen MR) is 108 cm³/mol. The SMILES string of the molecule is CC(=O)Nc1ccc(C2CCCN(C(=O)NC3CC(C)N(CC#N)C3=O)C2)cc1. The van der Waals surface area contributed by atoms with Gasteiger partial charge in [-0.3, -0.25) is 9.59 Å². The van der Waals surface area contributed by atoms with Gasteiger partial charge in [0.05, 0.1) is 6.07 Å². The number of amides is 4. The maximum Gasteiger partial charge on any atom is 0.318 e. The first-order chi connectivity index (χ1) is 13.9. The molecule has 4 amide bonds. The Morgan fingerprint density at radius 2 is 2.00 bits per heavy atom. The van der Waals surface area contributed by atoms with Crippen molar-refractivity contribution in [3.63, 3.8) is 0 Å². The van der Waals surface area contributed by atoms with Crippen molar-refractivity contribution in [3.05, 3.63) is 29.8 Å². The lowest BCUT2D eigenvalue weighted by atomic mass is 9.90. The molecule has 2 fully saturated rings. The number of anilines is 1. The van der Waals surface area contributed by atoms with Gasteiger partial charge in [-0.1, -0.05) is 12.1 Å². The van der Waals surface area contributed by atoms with Crippen molar-refractivity contribution in [1.29, 1.82) is 5.26 Å². The van der Waals surface area contributed by atoms with E-state index < -0.39 is 6.04 Å². The maximum atomic E-state index is 12.8. The third-order valence-electron chi connectivity index (χ3n) is 5.64. The summed E-state index contributed by atoms with van der Waals surface area (Å²) in [7, 11) is 0. The van der Waals surface area contributed by atoms with E-state index in [1.165, 1.54) is 11.8 Å². The largest absolute Gasteiger partial charge is 0.326 e. The first-order valence-electron chi connectivity index (χ1n) is 9.99. The van der Waals surface area contributed by atoms with Crippen LogP contribution in [0.3, 0.4) is 0 Å². The van der Waals surface area contributed by atoms with Crippen LogP contribution in [0, 0.1) is 11.3 Å². The van der Waals surface area contributed by atoms with E-state index in [9.17, 15) is 14.4 Å². The number of hydrogen-bond donors (Lipinski definition) is 2. The van der Waals surface area contributed by atoms with Crippen LogP contribution in [0.25, 0.3) is 0 Å². The molecule has 1 aromatic carbocycles. The van der Waals surface area contributed by atoms with Crippen molar-refractivity contribution >= 4 is 23.5 Å². The Morgan fingerprint density at radius 3 is 2.66 bits per heavy atom. The Balaban J connectivity index is 1.59.